The number of nitrogens with one attached hydrogen (secondary N) is 1. The van der Waals surface area contributed by atoms with Gasteiger partial charge in [-0.15, -0.1) is 11.3 Å². The predicted octanol–water partition coefficient (Wildman–Crippen LogP) is 2.30. The molecule has 0 aliphatic heterocycles. The summed E-state index contributed by atoms with van der Waals surface area (Å²) < 4.78 is 1.15. The summed E-state index contributed by atoms with van der Waals surface area (Å²) in [6, 6.07) is 4.14. The zero-order valence-corrected chi connectivity index (χ0v) is 11.6. The molecular weight excluding hydrogens is 288 g/mol. The van der Waals surface area contributed by atoms with Gasteiger partial charge in [0.2, 0.25) is 5.91 Å². The number of carbonyl (C=O) groups is 1. The summed E-state index contributed by atoms with van der Waals surface area (Å²) in [5.41, 5.74) is 5.34. The highest BCUT2D eigenvalue weighted by molar-refractivity contribution is 9.11. The highest BCUT2D eigenvalue weighted by Gasteiger charge is 2.02. The lowest BCUT2D eigenvalue weighted by Gasteiger charge is -2.03. The van der Waals surface area contributed by atoms with Crippen molar-refractivity contribution in [3.05, 3.63) is 20.8 Å². The number of rotatable bonds is 7. The molecule has 3 N–H and O–H groups in total. The smallest absolute Gasteiger partial charge is 0.220 e. The van der Waals surface area contributed by atoms with E-state index < -0.39 is 0 Å². The SMILES string of the molecule is NCCCNC(=O)CCCc1ccc(Br)s1. The molecule has 5 heteroatoms. The van der Waals surface area contributed by atoms with Crippen molar-refractivity contribution in [2.24, 2.45) is 5.73 Å². The molecule has 1 heterocycles. The van der Waals surface area contributed by atoms with Crippen LogP contribution in [0.5, 0.6) is 0 Å². The molecule has 0 bridgehead atoms. The lowest BCUT2D eigenvalue weighted by atomic mass is 10.2. The van der Waals surface area contributed by atoms with E-state index in [2.05, 4.69) is 27.3 Å². The van der Waals surface area contributed by atoms with Crippen LogP contribution in [0.15, 0.2) is 15.9 Å². The molecule has 0 unspecified atom stereocenters. The first kappa shape index (κ1) is 13.7. The fraction of sp³-hybridized carbons (Fsp3) is 0.545. The number of aryl methyl sites for hydroxylation is 1. The van der Waals surface area contributed by atoms with Crippen LogP contribution in [0.3, 0.4) is 0 Å². The van der Waals surface area contributed by atoms with Crippen molar-refractivity contribution in [3.63, 3.8) is 0 Å². The van der Waals surface area contributed by atoms with Gasteiger partial charge in [0, 0.05) is 17.8 Å². The van der Waals surface area contributed by atoms with Crippen LogP contribution in [0.2, 0.25) is 0 Å². The third-order valence-corrected chi connectivity index (χ3v) is 3.84. The van der Waals surface area contributed by atoms with Crippen LogP contribution < -0.4 is 11.1 Å². The maximum atomic E-state index is 11.4. The molecule has 0 atom stereocenters. The van der Waals surface area contributed by atoms with Crippen molar-refractivity contribution < 1.29 is 4.79 Å². The molecule has 1 aromatic heterocycles. The summed E-state index contributed by atoms with van der Waals surface area (Å²) in [7, 11) is 0. The van der Waals surface area contributed by atoms with Crippen molar-refractivity contribution in [2.45, 2.75) is 25.7 Å². The minimum Gasteiger partial charge on any atom is -0.356 e. The fourth-order valence-electron chi connectivity index (χ4n) is 1.33. The lowest BCUT2D eigenvalue weighted by Crippen LogP contribution is -2.25. The van der Waals surface area contributed by atoms with Crippen molar-refractivity contribution >= 4 is 33.2 Å². The van der Waals surface area contributed by atoms with Crippen LogP contribution in [-0.4, -0.2) is 19.0 Å². The Balaban J connectivity index is 2.08. The van der Waals surface area contributed by atoms with Crippen LogP contribution >= 0.6 is 27.3 Å². The molecule has 0 saturated carbocycles. The summed E-state index contributed by atoms with van der Waals surface area (Å²) in [6.07, 6.45) is 3.33. The topological polar surface area (TPSA) is 55.1 Å². The fourth-order valence-corrected chi connectivity index (χ4v) is 2.85. The van der Waals surface area contributed by atoms with Crippen LogP contribution in [-0.2, 0) is 11.2 Å². The monoisotopic (exact) mass is 304 g/mol. The Kier molecular flexibility index (Phi) is 6.68. The van der Waals surface area contributed by atoms with E-state index in [1.807, 2.05) is 6.07 Å². The summed E-state index contributed by atoms with van der Waals surface area (Å²) in [5.74, 6) is 0.129. The molecule has 0 spiro atoms. The average molecular weight is 305 g/mol. The van der Waals surface area contributed by atoms with Crippen LogP contribution in [0.4, 0.5) is 0 Å². The standard InChI is InChI=1S/C11H17BrN2OS/c12-10-6-5-9(16-10)3-1-4-11(15)14-8-2-7-13/h5-6H,1-4,7-8,13H2,(H,14,15). The Morgan fingerprint density at radius 1 is 1.44 bits per heavy atom. The van der Waals surface area contributed by atoms with Gasteiger partial charge in [0.1, 0.15) is 0 Å². The normalized spacial score (nSPS) is 10.4. The summed E-state index contributed by atoms with van der Waals surface area (Å²) in [6.45, 7) is 1.32. The number of halogens is 1. The van der Waals surface area contributed by atoms with Crippen LogP contribution in [0.25, 0.3) is 0 Å². The Morgan fingerprint density at radius 3 is 2.88 bits per heavy atom. The molecule has 0 saturated heterocycles. The second kappa shape index (κ2) is 7.81. The Hall–Kier alpha value is -0.390. The predicted molar refractivity (Wildman–Crippen MR) is 71.6 cm³/mol. The molecule has 0 aromatic carbocycles. The van der Waals surface area contributed by atoms with E-state index in [-0.39, 0.29) is 5.91 Å². The minimum absolute atomic E-state index is 0.129. The van der Waals surface area contributed by atoms with Crippen molar-refractivity contribution in [1.29, 1.82) is 0 Å². The van der Waals surface area contributed by atoms with Gasteiger partial charge < -0.3 is 11.1 Å². The zero-order chi connectivity index (χ0) is 11.8. The van der Waals surface area contributed by atoms with Crippen molar-refractivity contribution in [3.8, 4) is 0 Å². The zero-order valence-electron chi connectivity index (χ0n) is 9.17. The van der Waals surface area contributed by atoms with Gasteiger partial charge in [0.25, 0.3) is 0 Å². The van der Waals surface area contributed by atoms with E-state index >= 15 is 0 Å². The quantitative estimate of drug-likeness (QED) is 0.760. The number of hydrogen-bond acceptors (Lipinski definition) is 3. The van der Waals surface area contributed by atoms with Crippen molar-refractivity contribution in [2.75, 3.05) is 13.1 Å². The highest BCUT2D eigenvalue weighted by atomic mass is 79.9. The van der Waals surface area contributed by atoms with Crippen LogP contribution in [0, 0.1) is 0 Å². The number of nitrogens with two attached hydrogens (primary N) is 1. The molecule has 0 radical (unpaired) electrons. The van der Waals surface area contributed by atoms with Gasteiger partial charge in [-0.05, 0) is 53.9 Å². The van der Waals surface area contributed by atoms with Gasteiger partial charge in [-0.3, -0.25) is 4.79 Å². The molecule has 0 aliphatic carbocycles. The summed E-state index contributed by atoms with van der Waals surface area (Å²) >= 11 is 5.15. The summed E-state index contributed by atoms with van der Waals surface area (Å²) in [5, 5.41) is 2.85. The third-order valence-electron chi connectivity index (χ3n) is 2.16. The second-order valence-corrected chi connectivity index (χ2v) is 6.10. The van der Waals surface area contributed by atoms with E-state index in [0.717, 1.165) is 23.0 Å². The summed E-state index contributed by atoms with van der Waals surface area (Å²) in [4.78, 5) is 12.7. The van der Waals surface area contributed by atoms with Gasteiger partial charge in [-0.2, -0.15) is 0 Å². The van der Waals surface area contributed by atoms with Gasteiger partial charge in [-0.1, -0.05) is 0 Å². The molecule has 0 fully saturated rings. The molecular formula is C11H17BrN2OS. The van der Waals surface area contributed by atoms with Crippen molar-refractivity contribution in [1.82, 2.24) is 5.32 Å². The maximum absolute atomic E-state index is 11.4. The van der Waals surface area contributed by atoms with Crippen LogP contribution in [0.1, 0.15) is 24.1 Å². The number of thiophene rings is 1. The van der Waals surface area contributed by atoms with E-state index in [1.54, 1.807) is 11.3 Å². The van der Waals surface area contributed by atoms with Gasteiger partial charge in [0.05, 0.1) is 3.79 Å². The maximum Gasteiger partial charge on any atom is 0.220 e. The first-order valence-electron chi connectivity index (χ1n) is 5.43. The average Bonchev–Trinajstić information content (AvgIpc) is 2.65. The largest absolute Gasteiger partial charge is 0.356 e. The molecule has 1 aromatic rings. The molecule has 1 amide bonds. The lowest BCUT2D eigenvalue weighted by molar-refractivity contribution is -0.121. The number of carbonyl (C=O) groups excluding carboxylic acids is 1. The van der Waals surface area contributed by atoms with Gasteiger partial charge in [0.15, 0.2) is 0 Å². The van der Waals surface area contributed by atoms with E-state index in [9.17, 15) is 4.79 Å². The van der Waals surface area contributed by atoms with E-state index in [4.69, 9.17) is 5.73 Å². The first-order valence-corrected chi connectivity index (χ1v) is 7.04. The van der Waals surface area contributed by atoms with E-state index in [0.29, 0.717) is 19.5 Å². The molecule has 90 valence electrons. The molecule has 1 rings (SSSR count). The number of hydrogen-bond donors (Lipinski definition) is 2. The highest BCUT2D eigenvalue weighted by Crippen LogP contribution is 2.23. The van der Waals surface area contributed by atoms with Gasteiger partial charge >= 0.3 is 0 Å². The number of amides is 1. The molecule has 16 heavy (non-hydrogen) atoms. The Morgan fingerprint density at radius 2 is 2.25 bits per heavy atom. The Labute approximate surface area is 109 Å². The van der Waals surface area contributed by atoms with Gasteiger partial charge in [-0.25, -0.2) is 0 Å². The first-order chi connectivity index (χ1) is 7.72. The third kappa shape index (κ3) is 5.63. The molecule has 3 nitrogen and oxygen atoms in total. The molecule has 0 aliphatic rings. The van der Waals surface area contributed by atoms with E-state index in [1.165, 1.54) is 4.88 Å². The second-order valence-electron chi connectivity index (χ2n) is 3.55. The Bertz CT molecular complexity index is 328. The minimum atomic E-state index is 0.129.